The van der Waals surface area contributed by atoms with Crippen LogP contribution in [0.15, 0.2) is 140 Å². The molecule has 5 aromatic carbocycles. The molecule has 10 rings (SSSR count). The Balaban J connectivity index is 0.000000219. The third-order valence-electron chi connectivity index (χ3n) is 14.9. The molecule has 0 radical (unpaired) electrons. The quantitative estimate of drug-likeness (QED) is 0.0301. The van der Waals surface area contributed by atoms with Crippen LogP contribution in [-0.2, 0) is 43.5 Å². The van der Waals surface area contributed by atoms with Crippen molar-refractivity contribution in [2.24, 2.45) is 5.73 Å². The molecule has 3 atom stereocenters. The summed E-state index contributed by atoms with van der Waals surface area (Å²) in [6.07, 6.45) is 3.02. The van der Waals surface area contributed by atoms with Crippen molar-refractivity contribution in [3.63, 3.8) is 0 Å². The Bertz CT molecular complexity index is 4780. The van der Waals surface area contributed by atoms with Crippen molar-refractivity contribution in [2.45, 2.75) is 58.5 Å². The number of rotatable bonds is 25. The minimum absolute atomic E-state index is 0. The summed E-state index contributed by atoms with van der Waals surface area (Å²) in [4.78, 5) is 152. The van der Waals surface area contributed by atoms with E-state index in [-0.39, 0.29) is 95.4 Å². The first-order chi connectivity index (χ1) is 48.8. The minimum atomic E-state index is -1.39. The molecule has 538 valence electrons. The van der Waals surface area contributed by atoms with Gasteiger partial charge in [0.25, 0.3) is 47.3 Å². The van der Waals surface area contributed by atoms with Crippen LogP contribution in [0.3, 0.4) is 0 Å². The largest absolute Gasteiger partial charge is 0.508 e. The van der Waals surface area contributed by atoms with Crippen LogP contribution >= 0.6 is 46.4 Å². The SMILES string of the molecule is COC(=O)[C@H](CN)NC(=O)c1sc(C(=O)NCc2cccc(O)c2)cc1C.COC(=O)[C@H](CNC(=O)c1ccc2nc[nH]c2c1)NC(=O)c1sc(C(=O)NCc2cccc(O)c2)cc1C.Cc1cc(C(=O)NCc2cccc(O)c2)sc1C(=O)N[C@@H](CNC(=O)c1ccc2nc[nH]c2c1)C(=O)O.Cl. The average Bonchev–Trinajstić information content (AvgIpc) is 1.76. The molecule has 0 unspecified atom stereocenters. The maximum Gasteiger partial charge on any atom is 0.330 e. The number of aromatic amines is 2. The predicted octanol–water partition coefficient (Wildman–Crippen LogP) is 5.80. The number of phenols is 3. The van der Waals surface area contributed by atoms with E-state index in [0.29, 0.717) is 70.1 Å². The number of phenolic OH excluding ortho intramolecular Hbond substituents is 3. The van der Waals surface area contributed by atoms with E-state index in [4.69, 9.17) is 10.5 Å². The van der Waals surface area contributed by atoms with Crippen molar-refractivity contribution < 1.29 is 82.6 Å². The number of ether oxygens (including phenoxy) is 2. The van der Waals surface area contributed by atoms with Gasteiger partial charge in [-0.05, 0) is 145 Å². The smallest absolute Gasteiger partial charge is 0.330 e. The summed E-state index contributed by atoms with van der Waals surface area (Å²) in [7, 11) is 2.39. The molecule has 0 fully saturated rings. The van der Waals surface area contributed by atoms with E-state index in [1.165, 1.54) is 45.1 Å². The molecule has 103 heavy (non-hydrogen) atoms. The van der Waals surface area contributed by atoms with Crippen LogP contribution in [0.4, 0.5) is 0 Å². The maximum atomic E-state index is 13.0. The predicted molar refractivity (Wildman–Crippen MR) is 384 cm³/mol. The molecule has 16 N–H and O–H groups in total. The van der Waals surface area contributed by atoms with Gasteiger partial charge in [-0.1, -0.05) is 36.4 Å². The number of esters is 2. The van der Waals surface area contributed by atoms with Gasteiger partial charge >= 0.3 is 17.9 Å². The zero-order chi connectivity index (χ0) is 73.7. The van der Waals surface area contributed by atoms with Crippen molar-refractivity contribution in [1.29, 1.82) is 0 Å². The van der Waals surface area contributed by atoms with E-state index in [2.05, 4.69) is 67.2 Å². The number of carbonyl (C=O) groups is 11. The first-order valence-corrected chi connectivity index (χ1v) is 33.2. The highest BCUT2D eigenvalue weighted by Crippen LogP contribution is 2.26. The van der Waals surface area contributed by atoms with Gasteiger partial charge in [0.2, 0.25) is 0 Å². The lowest BCUT2D eigenvalue weighted by Crippen LogP contribution is -2.48. The van der Waals surface area contributed by atoms with Gasteiger partial charge in [-0.3, -0.25) is 38.4 Å². The summed E-state index contributed by atoms with van der Waals surface area (Å²) >= 11 is 2.92. The number of carboxylic acid groups (broad SMARTS) is 1. The Morgan fingerprint density at radius 2 is 0.786 bits per heavy atom. The number of halogens is 1. The molecule has 0 spiro atoms. The zero-order valence-electron chi connectivity index (χ0n) is 55.5. The number of carboxylic acids is 1. The van der Waals surface area contributed by atoms with Crippen molar-refractivity contribution in [3.05, 3.63) is 214 Å². The first kappa shape index (κ1) is 78.3. The van der Waals surface area contributed by atoms with Crippen LogP contribution < -0.4 is 48.3 Å². The number of hydrogen-bond acceptors (Lipinski definition) is 22. The van der Waals surface area contributed by atoms with Crippen LogP contribution in [-0.4, -0.2) is 158 Å². The molecule has 5 heterocycles. The molecular weight excluding hydrogens is 1410 g/mol. The van der Waals surface area contributed by atoms with Crippen molar-refractivity contribution >= 4 is 134 Å². The number of benzene rings is 5. The Kier molecular flexibility index (Phi) is 28.0. The number of aliphatic carboxylic acids is 1. The number of nitrogens with zero attached hydrogens (tertiary/aromatic N) is 2. The summed E-state index contributed by atoms with van der Waals surface area (Å²) in [5.41, 5.74) is 12.7. The van der Waals surface area contributed by atoms with Gasteiger partial charge in [0.05, 0.1) is 78.2 Å². The number of H-pyrrole nitrogens is 2. The second kappa shape index (κ2) is 36.9. The van der Waals surface area contributed by atoms with Crippen LogP contribution in [0.25, 0.3) is 22.1 Å². The third-order valence-corrected chi connectivity index (χ3v) is 18.6. The van der Waals surface area contributed by atoms with Crippen LogP contribution in [0.1, 0.15) is 112 Å². The zero-order valence-corrected chi connectivity index (χ0v) is 58.7. The number of aromatic nitrogens is 4. The standard InChI is InChI=1S/C26H25N5O6S.C25H23N5O6S.C18H21N3O5S.ClH/c1-14-8-21(24(34)27-11-15-4-3-5-17(32)9-15)38-22(14)25(35)31-20(26(36)37-2)12-28-23(33)16-6-7-18-19(10-16)30-13-29-18;1-13-7-20(23(33)26-10-14-3-2-4-16(31)8-14)37-21(13)24(34)30-19(25(35)36)11-27-22(32)15-5-6-17-18(9-15)29-12-28-17;1-10-6-14(16(23)20-9-11-4-3-5-12(22)7-11)27-15(10)17(24)21-13(8-19)18(25)26-2;/h3-10,13,20,32H,11-12H2,1-2H3,(H,27,34)(H,28,33)(H,29,30)(H,31,35);2-9,12,19,31H,10-11H2,1H3,(H,26,33)(H,27,32)(H,28,29)(H,30,34)(H,35,36);3-7,13,22H,8-9,19H2,1-2H3,(H,20,23)(H,21,24);1H/t20-;19-;13-;/m000./s1. The van der Waals surface area contributed by atoms with Gasteiger partial charge in [-0.25, -0.2) is 24.4 Å². The van der Waals surface area contributed by atoms with E-state index < -0.39 is 71.5 Å². The summed E-state index contributed by atoms with van der Waals surface area (Å²) in [5, 5.41) is 59.0. The number of aryl methyl sites for hydroxylation is 3. The topological polar surface area (TPSA) is 467 Å². The average molecular weight is 1490 g/mol. The fraction of sp³-hybridized carbons (Fsp3) is 0.203. The Morgan fingerprint density at radius 1 is 0.447 bits per heavy atom. The molecule has 0 aliphatic carbocycles. The number of aromatic hydroxyl groups is 3. The molecule has 0 aliphatic heterocycles. The van der Waals surface area contributed by atoms with E-state index in [0.717, 1.165) is 45.1 Å². The first-order valence-electron chi connectivity index (χ1n) is 30.7. The van der Waals surface area contributed by atoms with Gasteiger partial charge < -0.3 is 88.1 Å². The van der Waals surface area contributed by atoms with Crippen LogP contribution in [0, 0.1) is 20.8 Å². The number of nitrogens with one attached hydrogen (secondary N) is 10. The van der Waals surface area contributed by atoms with Gasteiger partial charge in [-0.15, -0.1) is 46.4 Å². The molecule has 30 nitrogen and oxygen atoms in total. The van der Waals surface area contributed by atoms with Crippen molar-refractivity contribution in [1.82, 2.24) is 62.5 Å². The fourth-order valence-corrected chi connectivity index (χ4v) is 12.6. The van der Waals surface area contributed by atoms with Crippen LogP contribution in [0.5, 0.6) is 17.2 Å². The molecule has 0 aliphatic rings. The molecule has 0 saturated heterocycles. The number of hydrogen-bond donors (Lipinski definition) is 15. The highest BCUT2D eigenvalue weighted by molar-refractivity contribution is 7.17. The number of thiophene rings is 3. The monoisotopic (exact) mass is 1480 g/mol. The van der Waals surface area contributed by atoms with Gasteiger partial charge in [0.15, 0.2) is 0 Å². The lowest BCUT2D eigenvalue weighted by Gasteiger charge is -2.17. The number of imidazole rings is 2. The lowest BCUT2D eigenvalue weighted by atomic mass is 10.1. The molecule has 34 heteroatoms. The van der Waals surface area contributed by atoms with Crippen LogP contribution in [0.2, 0.25) is 0 Å². The molecule has 0 saturated carbocycles. The number of fused-ring (bicyclic) bond motifs is 2. The Labute approximate surface area is 604 Å². The molecule has 10 aromatic rings. The summed E-state index contributed by atoms with van der Waals surface area (Å²) in [6, 6.07) is 30.5. The lowest BCUT2D eigenvalue weighted by molar-refractivity contribution is -0.143. The highest BCUT2D eigenvalue weighted by Gasteiger charge is 2.29. The van der Waals surface area contributed by atoms with E-state index in [1.54, 1.807) is 130 Å². The third kappa shape index (κ3) is 21.7. The van der Waals surface area contributed by atoms with Crippen molar-refractivity contribution in [3.8, 4) is 17.2 Å². The van der Waals surface area contributed by atoms with Gasteiger partial charge in [-0.2, -0.15) is 0 Å². The molecule has 0 bridgehead atoms. The maximum absolute atomic E-state index is 13.0. The van der Waals surface area contributed by atoms with Gasteiger partial charge in [0.1, 0.15) is 35.4 Å². The second-order valence-electron chi connectivity index (χ2n) is 22.3. The minimum Gasteiger partial charge on any atom is -0.508 e. The number of carbonyl (C=O) groups excluding carboxylic acids is 10. The molecule has 8 amide bonds. The normalized spacial score (nSPS) is 11.4. The van der Waals surface area contributed by atoms with E-state index >= 15 is 0 Å². The van der Waals surface area contributed by atoms with Gasteiger partial charge in [0, 0.05) is 50.4 Å². The number of nitrogens with two attached hydrogens (primary N) is 1. The summed E-state index contributed by atoms with van der Waals surface area (Å²) in [6.45, 7) is 4.99. The molecular formula is C69H70ClN13O17S3. The highest BCUT2D eigenvalue weighted by atomic mass is 35.5. The Hall–Kier alpha value is -12.0. The molecule has 5 aromatic heterocycles. The fourth-order valence-electron chi connectivity index (χ4n) is 9.58. The summed E-state index contributed by atoms with van der Waals surface area (Å²) in [5.74, 6) is -6.22. The van der Waals surface area contributed by atoms with Crippen molar-refractivity contribution in [2.75, 3.05) is 33.9 Å². The Morgan fingerprint density at radius 3 is 1.13 bits per heavy atom. The van der Waals surface area contributed by atoms with E-state index in [1.807, 2.05) is 0 Å². The van der Waals surface area contributed by atoms with E-state index in [9.17, 15) is 73.2 Å². The number of amides is 8. The number of methoxy groups -OCH3 is 2. The second-order valence-corrected chi connectivity index (χ2v) is 25.5. The summed E-state index contributed by atoms with van der Waals surface area (Å²) < 4.78 is 9.38.